The maximum Gasteiger partial charge on any atom is 0 e. The van der Waals surface area contributed by atoms with Gasteiger partial charge in [0.1, 0.15) is 0 Å². The number of halogens is 6. The van der Waals surface area contributed by atoms with Gasteiger partial charge in [-0.1, -0.05) is 0 Å². The van der Waals surface area contributed by atoms with Crippen LogP contribution in [0.4, 0.5) is 28.2 Å². The minimum Gasteiger partial charge on any atom is -0.344 e. The van der Waals surface area contributed by atoms with Gasteiger partial charge in [0, 0.05) is 21.1 Å². The fraction of sp³-hybridized carbons (Fsp3) is 0. The average Bonchev–Trinajstić information content (AvgIpc) is 0. The van der Waals surface area contributed by atoms with Crippen molar-refractivity contribution in [3.8, 4) is 0 Å². The molecule has 0 heterocycles. The van der Waals surface area contributed by atoms with Crippen molar-refractivity contribution < 1.29 is 49.3 Å². The summed E-state index contributed by atoms with van der Waals surface area (Å²) in [7, 11) is 0. The van der Waals surface area contributed by atoms with Crippen LogP contribution in [0.5, 0.6) is 0 Å². The molecule has 62 valence electrons. The first-order valence-corrected chi connectivity index (χ1v) is 0. The molecule has 0 aromatic carbocycles. The van der Waals surface area contributed by atoms with Gasteiger partial charge in [-0.15, -0.1) is 0 Å². The molecule has 0 aromatic heterocycles. The Morgan fingerprint density at radius 1 is 0.375 bits per heavy atom. The molecule has 0 aliphatic carbocycles. The summed E-state index contributed by atoms with van der Waals surface area (Å²) in [5, 5.41) is 0. The first kappa shape index (κ1) is 8250. The second kappa shape index (κ2) is 5380. The quantitative estimate of drug-likeness (QED) is 0.666. The summed E-state index contributed by atoms with van der Waals surface area (Å²) >= 11 is 0. The standard InChI is InChI=1S/6FH.H3N.W/h6*1H;1H3;. The molecule has 0 spiro atoms. The van der Waals surface area contributed by atoms with Crippen molar-refractivity contribution in [2.24, 2.45) is 0 Å². The Hall–Kier alpha value is 0.228. The van der Waals surface area contributed by atoms with E-state index in [-0.39, 0.29) is 55.4 Å². The Bertz CT molecular complexity index is 8.49. The Morgan fingerprint density at radius 2 is 0.375 bits per heavy atom. The van der Waals surface area contributed by atoms with Crippen LogP contribution >= 0.6 is 0 Å². The minimum atomic E-state index is 0. The molecule has 0 rings (SSSR count). The van der Waals surface area contributed by atoms with Crippen LogP contribution in [0.15, 0.2) is 0 Å². The molecule has 0 saturated carbocycles. The number of hydrogen-bond donors (Lipinski definition) is 1. The van der Waals surface area contributed by atoms with Gasteiger partial charge in [-0.3, -0.25) is 28.2 Å². The van der Waals surface area contributed by atoms with Crippen molar-refractivity contribution in [1.82, 2.24) is 6.15 Å². The van der Waals surface area contributed by atoms with Crippen LogP contribution in [-0.4, -0.2) is 0 Å². The smallest absolute Gasteiger partial charge is 0 e. The zero-order valence-electron chi connectivity index (χ0n) is 3.56. The molecule has 8 heavy (non-hydrogen) atoms. The third kappa shape index (κ3) is 3270. The van der Waals surface area contributed by atoms with Crippen molar-refractivity contribution in [1.29, 1.82) is 0 Å². The van der Waals surface area contributed by atoms with Crippen LogP contribution < -0.4 is 6.15 Å². The van der Waals surface area contributed by atoms with E-state index in [0.717, 1.165) is 0 Å². The Balaban J connectivity index is 0. The Kier molecular flexibility index (Phi) is 5550000. The van der Waals surface area contributed by atoms with Crippen LogP contribution in [0.25, 0.3) is 0 Å². The van der Waals surface area contributed by atoms with Crippen molar-refractivity contribution >= 4 is 0 Å². The van der Waals surface area contributed by atoms with E-state index < -0.39 is 0 Å². The fourth-order valence-electron chi connectivity index (χ4n) is 0. The van der Waals surface area contributed by atoms with Crippen molar-refractivity contribution in [3.63, 3.8) is 0 Å². The maximum absolute atomic E-state index is 0. The maximum atomic E-state index is 0. The Morgan fingerprint density at radius 3 is 0.375 bits per heavy atom. The zero-order valence-corrected chi connectivity index (χ0v) is 6.50. The molecule has 0 amide bonds. The van der Waals surface area contributed by atoms with Gasteiger partial charge in [-0.05, 0) is 0 Å². The molecule has 0 unspecified atom stereocenters. The molecular formula is H9F6NW. The van der Waals surface area contributed by atoms with Crippen LogP contribution in [0.2, 0.25) is 0 Å². The van der Waals surface area contributed by atoms with Crippen LogP contribution in [-0.2, 0) is 21.1 Å². The summed E-state index contributed by atoms with van der Waals surface area (Å²) < 4.78 is 0. The third-order valence-corrected chi connectivity index (χ3v) is 0. The molecular weight excluding hydrogens is 312 g/mol. The zero-order chi connectivity index (χ0) is 0. The second-order valence-electron chi connectivity index (χ2n) is 0. The monoisotopic (exact) mass is 321 g/mol. The van der Waals surface area contributed by atoms with Gasteiger partial charge in [0.2, 0.25) is 0 Å². The van der Waals surface area contributed by atoms with Gasteiger partial charge >= 0.3 is 0 Å². The van der Waals surface area contributed by atoms with E-state index in [0.29, 0.717) is 0 Å². The normalized spacial score (nSPS) is 0. The Labute approximate surface area is 56.3 Å². The molecule has 8 heteroatoms. The molecule has 0 aliphatic rings. The number of hydrogen-bond acceptors (Lipinski definition) is 1. The van der Waals surface area contributed by atoms with Crippen LogP contribution in [0, 0.1) is 0 Å². The van der Waals surface area contributed by atoms with Gasteiger partial charge < -0.3 is 6.15 Å². The molecule has 0 saturated heterocycles. The molecule has 0 fully saturated rings. The molecule has 0 radical (unpaired) electrons. The summed E-state index contributed by atoms with van der Waals surface area (Å²) in [6.07, 6.45) is 0. The summed E-state index contributed by atoms with van der Waals surface area (Å²) in [6.45, 7) is 0. The van der Waals surface area contributed by atoms with Gasteiger partial charge in [-0.2, -0.15) is 0 Å². The molecule has 0 bridgehead atoms. The van der Waals surface area contributed by atoms with E-state index in [1.54, 1.807) is 0 Å². The van der Waals surface area contributed by atoms with E-state index >= 15 is 0 Å². The summed E-state index contributed by atoms with van der Waals surface area (Å²) in [4.78, 5) is 0. The van der Waals surface area contributed by atoms with Crippen LogP contribution in [0.1, 0.15) is 0 Å². The largest absolute Gasteiger partial charge is 0.344 e. The predicted molar refractivity (Wildman–Crippen MR) is 20.0 cm³/mol. The second-order valence-corrected chi connectivity index (χ2v) is 0. The molecule has 0 atom stereocenters. The van der Waals surface area contributed by atoms with E-state index in [1.165, 1.54) is 0 Å². The van der Waals surface area contributed by atoms with Crippen molar-refractivity contribution in [3.05, 3.63) is 0 Å². The van der Waals surface area contributed by atoms with Crippen LogP contribution in [0.3, 0.4) is 0 Å². The predicted octanol–water partition coefficient (Wildman–Crippen LogP) is 1.07. The van der Waals surface area contributed by atoms with E-state index in [9.17, 15) is 0 Å². The minimum absolute atomic E-state index is 0. The van der Waals surface area contributed by atoms with E-state index in [2.05, 4.69) is 0 Å². The fourth-order valence-corrected chi connectivity index (χ4v) is 0. The SMILES string of the molecule is F.F.F.F.F.F.N.[W]. The van der Waals surface area contributed by atoms with Gasteiger partial charge in [0.05, 0.1) is 0 Å². The summed E-state index contributed by atoms with van der Waals surface area (Å²) in [6, 6.07) is 0. The van der Waals surface area contributed by atoms with E-state index in [4.69, 9.17) is 0 Å². The van der Waals surface area contributed by atoms with Gasteiger partial charge in [0.25, 0.3) is 0 Å². The van der Waals surface area contributed by atoms with Gasteiger partial charge in [0.15, 0.2) is 0 Å². The topological polar surface area (TPSA) is 35.0 Å². The average molecular weight is 321 g/mol. The summed E-state index contributed by atoms with van der Waals surface area (Å²) in [5.41, 5.74) is 0. The van der Waals surface area contributed by atoms with Crippen molar-refractivity contribution in [2.45, 2.75) is 0 Å². The third-order valence-electron chi connectivity index (χ3n) is 0. The molecule has 0 aliphatic heterocycles. The summed E-state index contributed by atoms with van der Waals surface area (Å²) in [5.74, 6) is 0. The molecule has 3 N–H and O–H groups in total. The van der Waals surface area contributed by atoms with Gasteiger partial charge in [-0.25, -0.2) is 0 Å². The first-order valence-electron chi connectivity index (χ1n) is 0. The van der Waals surface area contributed by atoms with Crippen molar-refractivity contribution in [2.75, 3.05) is 0 Å². The molecule has 1 nitrogen and oxygen atoms in total. The first-order chi connectivity index (χ1) is 0. The molecule has 0 aromatic rings. The van der Waals surface area contributed by atoms with E-state index in [1.807, 2.05) is 0 Å². The number of rotatable bonds is 0.